The third-order valence-corrected chi connectivity index (χ3v) is 2.46. The van der Waals surface area contributed by atoms with E-state index in [9.17, 15) is 0 Å². The molecule has 0 fully saturated rings. The molecule has 0 aliphatic rings. The molecule has 0 aliphatic heterocycles. The summed E-state index contributed by atoms with van der Waals surface area (Å²) in [5.41, 5.74) is 16.2. The number of alkyl halides is 1. The summed E-state index contributed by atoms with van der Waals surface area (Å²) < 4.78 is 0. The Balaban J connectivity index is 3.74. The van der Waals surface area contributed by atoms with Crippen molar-refractivity contribution in [2.45, 2.75) is 6.04 Å². The lowest BCUT2D eigenvalue weighted by Gasteiger charge is -2.20. The van der Waals surface area contributed by atoms with E-state index in [0.717, 1.165) is 5.33 Å². The number of guanidine groups is 1. The zero-order valence-corrected chi connectivity index (χ0v) is 8.47. The summed E-state index contributed by atoms with van der Waals surface area (Å²) in [5, 5.41) is 10.4. The third-order valence-electron chi connectivity index (χ3n) is 1.63. The van der Waals surface area contributed by atoms with Crippen LogP contribution in [0.3, 0.4) is 0 Å². The van der Waals surface area contributed by atoms with Gasteiger partial charge in [0.2, 0.25) is 0 Å². The maximum absolute atomic E-state index is 6.94. The van der Waals surface area contributed by atoms with E-state index in [0.29, 0.717) is 13.1 Å². The summed E-state index contributed by atoms with van der Waals surface area (Å²) in [6, 6.07) is -0.0591. The molecule has 12 heavy (non-hydrogen) atoms. The van der Waals surface area contributed by atoms with Gasteiger partial charge in [-0.1, -0.05) is 15.9 Å². The Hall–Kier alpha value is -0.330. The van der Waals surface area contributed by atoms with Gasteiger partial charge in [-0.15, -0.1) is 0 Å². The molecule has 0 aromatic heterocycles. The van der Waals surface area contributed by atoms with Gasteiger partial charge < -0.3 is 22.5 Å². The molecule has 5 nitrogen and oxygen atoms in total. The highest BCUT2D eigenvalue weighted by Crippen LogP contribution is 2.03. The van der Waals surface area contributed by atoms with E-state index < -0.39 is 0 Å². The van der Waals surface area contributed by atoms with Crippen molar-refractivity contribution in [1.82, 2.24) is 5.32 Å². The summed E-state index contributed by atoms with van der Waals surface area (Å²) in [5.74, 6) is 0.170. The van der Waals surface area contributed by atoms with Gasteiger partial charge >= 0.3 is 0 Å². The van der Waals surface area contributed by atoms with Crippen LogP contribution in [0.15, 0.2) is 0 Å². The van der Waals surface area contributed by atoms with Crippen molar-refractivity contribution in [3.63, 3.8) is 0 Å². The molecule has 0 aromatic rings. The second-order valence-corrected chi connectivity index (χ2v) is 3.26. The van der Waals surface area contributed by atoms with Gasteiger partial charge in [0.15, 0.2) is 5.96 Å². The number of hydrogen-bond donors (Lipinski definition) is 5. The quantitative estimate of drug-likeness (QED) is 0.234. The van der Waals surface area contributed by atoms with Crippen LogP contribution in [0, 0.1) is 11.3 Å². The minimum absolute atomic E-state index is 0.0369. The molecule has 2 unspecified atom stereocenters. The fourth-order valence-corrected chi connectivity index (χ4v) is 1.46. The van der Waals surface area contributed by atoms with Crippen LogP contribution < -0.4 is 22.5 Å². The van der Waals surface area contributed by atoms with Gasteiger partial charge in [-0.2, -0.15) is 0 Å². The van der Waals surface area contributed by atoms with Gasteiger partial charge in [-0.05, 0) is 0 Å². The van der Waals surface area contributed by atoms with Crippen molar-refractivity contribution in [3.8, 4) is 0 Å². The van der Waals surface area contributed by atoms with E-state index in [1.807, 2.05) is 0 Å². The molecule has 0 amide bonds. The number of hydrogen-bond acceptors (Lipinski definition) is 3. The predicted octanol–water partition coefficient (Wildman–Crippen LogP) is -1.23. The third kappa shape index (κ3) is 4.53. The Morgan fingerprint density at radius 1 is 1.58 bits per heavy atom. The van der Waals surface area contributed by atoms with Crippen molar-refractivity contribution in [1.29, 1.82) is 5.41 Å². The highest BCUT2D eigenvalue weighted by molar-refractivity contribution is 9.09. The predicted molar refractivity (Wildman–Crippen MR) is 54.2 cm³/mol. The largest absolute Gasteiger partial charge is 0.370 e. The van der Waals surface area contributed by atoms with Gasteiger partial charge in [-0.25, -0.2) is 0 Å². The zero-order valence-electron chi connectivity index (χ0n) is 6.89. The van der Waals surface area contributed by atoms with E-state index in [1.54, 1.807) is 0 Å². The Morgan fingerprint density at radius 2 is 2.17 bits per heavy atom. The lowest BCUT2D eigenvalue weighted by atomic mass is 10.0. The molecule has 0 spiro atoms. The van der Waals surface area contributed by atoms with Crippen molar-refractivity contribution in [2.75, 3.05) is 18.4 Å². The Kier molecular flexibility index (Phi) is 6.04. The molecule has 6 heteroatoms. The summed E-state index contributed by atoms with van der Waals surface area (Å²) in [4.78, 5) is 0. The summed E-state index contributed by atoms with van der Waals surface area (Å²) >= 11 is 3.32. The van der Waals surface area contributed by atoms with Crippen LogP contribution >= 0.6 is 15.9 Å². The normalized spacial score (nSPS) is 15.2. The van der Waals surface area contributed by atoms with E-state index in [1.165, 1.54) is 0 Å². The minimum Gasteiger partial charge on any atom is -0.370 e. The van der Waals surface area contributed by atoms with Crippen molar-refractivity contribution in [2.24, 2.45) is 23.1 Å². The number of halogens is 1. The standard InChI is InChI=1S/C6H16BrN5/c7-1-4(5(9)2-8)3-12-6(10)11/h4-5H,1-3,8-9H2,(H4,10,11,12). The van der Waals surface area contributed by atoms with E-state index >= 15 is 0 Å². The van der Waals surface area contributed by atoms with Gasteiger partial charge in [0.05, 0.1) is 0 Å². The van der Waals surface area contributed by atoms with Crippen LogP contribution in [-0.2, 0) is 0 Å². The Morgan fingerprint density at radius 3 is 2.50 bits per heavy atom. The Labute approximate surface area is 80.7 Å². The molecule has 0 bridgehead atoms. The van der Waals surface area contributed by atoms with E-state index in [2.05, 4.69) is 21.2 Å². The van der Waals surface area contributed by atoms with Crippen LogP contribution in [0.4, 0.5) is 0 Å². The van der Waals surface area contributed by atoms with Gasteiger partial charge in [0, 0.05) is 30.4 Å². The maximum Gasteiger partial charge on any atom is 0.185 e. The first-order valence-corrected chi connectivity index (χ1v) is 4.83. The molecular weight excluding hydrogens is 222 g/mol. The van der Waals surface area contributed by atoms with E-state index in [4.69, 9.17) is 22.6 Å². The highest BCUT2D eigenvalue weighted by Gasteiger charge is 2.14. The molecule has 72 valence electrons. The van der Waals surface area contributed by atoms with Crippen LogP contribution in [0.1, 0.15) is 0 Å². The highest BCUT2D eigenvalue weighted by atomic mass is 79.9. The van der Waals surface area contributed by atoms with Crippen LogP contribution in [-0.4, -0.2) is 30.4 Å². The Bertz CT molecular complexity index is 140. The molecule has 0 aliphatic carbocycles. The maximum atomic E-state index is 6.94. The average Bonchev–Trinajstić information content (AvgIpc) is 2.04. The molecule has 8 N–H and O–H groups in total. The first-order chi connectivity index (χ1) is 5.61. The molecule has 0 saturated carbocycles. The lowest BCUT2D eigenvalue weighted by molar-refractivity contribution is 0.464. The topological polar surface area (TPSA) is 114 Å². The second kappa shape index (κ2) is 6.22. The molecular formula is C6H16BrN5. The molecule has 2 atom stereocenters. The van der Waals surface area contributed by atoms with Crippen molar-refractivity contribution >= 4 is 21.9 Å². The number of rotatable bonds is 5. The summed E-state index contributed by atoms with van der Waals surface area (Å²) in [6.07, 6.45) is 0. The van der Waals surface area contributed by atoms with E-state index in [-0.39, 0.29) is 17.9 Å². The SMILES string of the molecule is N=C(N)NCC(CBr)C(N)CN. The molecule has 0 radical (unpaired) electrons. The fourth-order valence-electron chi connectivity index (χ4n) is 0.754. The zero-order chi connectivity index (χ0) is 9.56. The fraction of sp³-hybridized carbons (Fsp3) is 0.833. The average molecular weight is 238 g/mol. The molecule has 0 aromatic carbocycles. The second-order valence-electron chi connectivity index (χ2n) is 2.61. The monoisotopic (exact) mass is 237 g/mol. The van der Waals surface area contributed by atoms with Crippen molar-refractivity contribution in [3.05, 3.63) is 0 Å². The summed E-state index contributed by atoms with van der Waals surface area (Å²) in [6.45, 7) is 1.02. The van der Waals surface area contributed by atoms with Gasteiger partial charge in [0.25, 0.3) is 0 Å². The van der Waals surface area contributed by atoms with Crippen LogP contribution in [0.2, 0.25) is 0 Å². The summed E-state index contributed by atoms with van der Waals surface area (Å²) in [7, 11) is 0. The minimum atomic E-state index is -0.0591. The van der Waals surface area contributed by atoms with Gasteiger partial charge in [0.1, 0.15) is 0 Å². The van der Waals surface area contributed by atoms with Gasteiger partial charge in [-0.3, -0.25) is 5.41 Å². The molecule has 0 heterocycles. The number of nitrogens with one attached hydrogen (secondary N) is 2. The lowest BCUT2D eigenvalue weighted by Crippen LogP contribution is -2.45. The molecule has 0 rings (SSSR count). The van der Waals surface area contributed by atoms with Crippen LogP contribution in [0.5, 0.6) is 0 Å². The first-order valence-electron chi connectivity index (χ1n) is 3.71. The van der Waals surface area contributed by atoms with Crippen molar-refractivity contribution < 1.29 is 0 Å². The smallest absolute Gasteiger partial charge is 0.185 e. The number of nitrogens with two attached hydrogens (primary N) is 3. The molecule has 0 saturated heterocycles. The first kappa shape index (κ1) is 11.7. The van der Waals surface area contributed by atoms with Crippen LogP contribution in [0.25, 0.3) is 0 Å².